The normalized spacial score (nSPS) is 14.6. The molecule has 3 rings (SSSR count). The molecule has 1 atom stereocenters. The van der Waals surface area contributed by atoms with E-state index in [1.54, 1.807) is 25.3 Å². The molecule has 0 aliphatic heterocycles. The molecule has 0 spiro atoms. The first-order chi connectivity index (χ1) is 12.6. The third-order valence-electron chi connectivity index (χ3n) is 4.49. The molecule has 1 saturated carbocycles. The van der Waals surface area contributed by atoms with Gasteiger partial charge in [0.25, 0.3) is 5.91 Å². The summed E-state index contributed by atoms with van der Waals surface area (Å²) in [6.07, 6.45) is 2.26. The predicted molar refractivity (Wildman–Crippen MR) is 102 cm³/mol. The third-order valence-corrected chi connectivity index (χ3v) is 4.75. The standard InChI is InChI=1S/C20H23ClN2O3/c1-25-19-10-15(20(24)23-17(11-22)14-4-5-14)6-9-18(19)26-12-13-2-7-16(21)8-3-13/h2-3,6-10,14,17H,4-5,11-12,22H2,1H3,(H,23,24). The van der Waals surface area contributed by atoms with Crippen molar-refractivity contribution in [2.45, 2.75) is 25.5 Å². The summed E-state index contributed by atoms with van der Waals surface area (Å²) in [4.78, 5) is 12.5. The molecule has 0 bridgehead atoms. The maximum absolute atomic E-state index is 12.5. The Balaban J connectivity index is 1.66. The van der Waals surface area contributed by atoms with Crippen LogP contribution in [0, 0.1) is 5.92 Å². The monoisotopic (exact) mass is 374 g/mol. The van der Waals surface area contributed by atoms with Crippen LogP contribution >= 0.6 is 11.6 Å². The zero-order valence-electron chi connectivity index (χ0n) is 14.7. The summed E-state index contributed by atoms with van der Waals surface area (Å²) in [6, 6.07) is 12.6. The second kappa shape index (κ2) is 8.43. The van der Waals surface area contributed by atoms with E-state index >= 15 is 0 Å². The van der Waals surface area contributed by atoms with Crippen LogP contribution in [-0.4, -0.2) is 25.6 Å². The fraction of sp³-hybridized carbons (Fsp3) is 0.350. The highest BCUT2D eigenvalue weighted by molar-refractivity contribution is 6.30. The van der Waals surface area contributed by atoms with Gasteiger partial charge in [-0.1, -0.05) is 23.7 Å². The van der Waals surface area contributed by atoms with Crippen LogP contribution in [0.3, 0.4) is 0 Å². The van der Waals surface area contributed by atoms with Crippen LogP contribution in [0.25, 0.3) is 0 Å². The zero-order chi connectivity index (χ0) is 18.5. The van der Waals surface area contributed by atoms with Crippen LogP contribution in [0.5, 0.6) is 11.5 Å². The van der Waals surface area contributed by atoms with Crippen LogP contribution in [0.4, 0.5) is 0 Å². The first-order valence-corrected chi connectivity index (χ1v) is 9.04. The molecule has 1 unspecified atom stereocenters. The second-order valence-corrected chi connectivity index (χ2v) is 6.87. The van der Waals surface area contributed by atoms with Crippen LogP contribution < -0.4 is 20.5 Å². The predicted octanol–water partition coefficient (Wildman–Crippen LogP) is 3.39. The second-order valence-electron chi connectivity index (χ2n) is 6.43. The Morgan fingerprint density at radius 2 is 1.96 bits per heavy atom. The maximum atomic E-state index is 12.5. The molecule has 2 aromatic rings. The molecule has 6 heteroatoms. The van der Waals surface area contributed by atoms with E-state index in [4.69, 9.17) is 26.8 Å². The zero-order valence-corrected chi connectivity index (χ0v) is 15.5. The molecule has 0 heterocycles. The number of rotatable bonds is 8. The summed E-state index contributed by atoms with van der Waals surface area (Å²) in [5.41, 5.74) is 7.28. The molecule has 1 fully saturated rings. The van der Waals surface area contributed by atoms with E-state index in [2.05, 4.69) is 5.32 Å². The van der Waals surface area contributed by atoms with Gasteiger partial charge in [0.15, 0.2) is 11.5 Å². The van der Waals surface area contributed by atoms with Gasteiger partial charge in [0.2, 0.25) is 0 Å². The smallest absolute Gasteiger partial charge is 0.251 e. The quantitative estimate of drug-likeness (QED) is 0.742. The lowest BCUT2D eigenvalue weighted by atomic mass is 10.1. The van der Waals surface area contributed by atoms with Crippen molar-refractivity contribution in [2.24, 2.45) is 11.7 Å². The van der Waals surface area contributed by atoms with Crippen molar-refractivity contribution >= 4 is 17.5 Å². The summed E-state index contributed by atoms with van der Waals surface area (Å²) in [7, 11) is 1.55. The molecule has 2 aromatic carbocycles. The van der Waals surface area contributed by atoms with Gasteiger partial charge in [0.05, 0.1) is 7.11 Å². The Labute approximate surface area is 158 Å². The largest absolute Gasteiger partial charge is 0.493 e. The highest BCUT2D eigenvalue weighted by Gasteiger charge is 2.31. The van der Waals surface area contributed by atoms with Crippen LogP contribution in [0.1, 0.15) is 28.8 Å². The fourth-order valence-corrected chi connectivity index (χ4v) is 2.92. The molecule has 1 amide bonds. The Hall–Kier alpha value is -2.24. The lowest BCUT2D eigenvalue weighted by Gasteiger charge is -2.17. The highest BCUT2D eigenvalue weighted by Crippen LogP contribution is 2.33. The molecule has 0 radical (unpaired) electrons. The van der Waals surface area contributed by atoms with Gasteiger partial charge in [-0.25, -0.2) is 0 Å². The Bertz CT molecular complexity index is 760. The summed E-state index contributed by atoms with van der Waals surface area (Å²) >= 11 is 5.89. The van der Waals surface area contributed by atoms with Crippen molar-refractivity contribution in [3.05, 3.63) is 58.6 Å². The number of methoxy groups -OCH3 is 1. The summed E-state index contributed by atoms with van der Waals surface area (Å²) < 4.78 is 11.2. The molecular weight excluding hydrogens is 352 g/mol. The van der Waals surface area contributed by atoms with E-state index in [0.717, 1.165) is 18.4 Å². The van der Waals surface area contributed by atoms with Crippen molar-refractivity contribution in [2.75, 3.05) is 13.7 Å². The number of benzene rings is 2. The van der Waals surface area contributed by atoms with Gasteiger partial charge in [-0.15, -0.1) is 0 Å². The van der Waals surface area contributed by atoms with Crippen LogP contribution in [0.15, 0.2) is 42.5 Å². The van der Waals surface area contributed by atoms with Crippen molar-refractivity contribution in [3.63, 3.8) is 0 Å². The van der Waals surface area contributed by atoms with E-state index in [9.17, 15) is 4.79 Å². The topological polar surface area (TPSA) is 73.6 Å². The number of nitrogens with one attached hydrogen (secondary N) is 1. The Kier molecular flexibility index (Phi) is 6.01. The molecule has 5 nitrogen and oxygen atoms in total. The van der Waals surface area contributed by atoms with Gasteiger partial charge in [0, 0.05) is 23.2 Å². The number of ether oxygens (including phenoxy) is 2. The first-order valence-electron chi connectivity index (χ1n) is 8.67. The average molecular weight is 375 g/mol. The molecule has 0 saturated heterocycles. The molecular formula is C20H23ClN2O3. The molecule has 1 aliphatic carbocycles. The Morgan fingerprint density at radius 3 is 2.58 bits per heavy atom. The van der Waals surface area contributed by atoms with E-state index < -0.39 is 0 Å². The van der Waals surface area contributed by atoms with Gasteiger partial charge in [-0.2, -0.15) is 0 Å². The third kappa shape index (κ3) is 4.68. The van der Waals surface area contributed by atoms with Crippen molar-refractivity contribution in [3.8, 4) is 11.5 Å². The number of amides is 1. The Morgan fingerprint density at radius 1 is 1.23 bits per heavy atom. The minimum absolute atomic E-state index is 0.0364. The summed E-state index contributed by atoms with van der Waals surface area (Å²) in [5.74, 6) is 1.46. The number of hydrogen-bond donors (Lipinski definition) is 2. The van der Waals surface area contributed by atoms with E-state index in [1.165, 1.54) is 0 Å². The van der Waals surface area contributed by atoms with Crippen LogP contribution in [-0.2, 0) is 6.61 Å². The maximum Gasteiger partial charge on any atom is 0.251 e. The molecule has 26 heavy (non-hydrogen) atoms. The SMILES string of the molecule is COc1cc(C(=O)NC(CN)C2CC2)ccc1OCc1ccc(Cl)cc1. The lowest BCUT2D eigenvalue weighted by molar-refractivity contribution is 0.0933. The average Bonchev–Trinajstić information content (AvgIpc) is 3.50. The lowest BCUT2D eigenvalue weighted by Crippen LogP contribution is -2.41. The molecule has 1 aliphatic rings. The van der Waals surface area contributed by atoms with Crippen molar-refractivity contribution in [1.82, 2.24) is 5.32 Å². The van der Waals surface area contributed by atoms with Gasteiger partial charge in [0.1, 0.15) is 6.61 Å². The molecule has 0 aromatic heterocycles. The molecule has 138 valence electrons. The number of halogens is 1. The number of nitrogens with two attached hydrogens (primary N) is 1. The van der Waals surface area contributed by atoms with E-state index in [0.29, 0.717) is 41.2 Å². The first kappa shape index (κ1) is 18.5. The van der Waals surface area contributed by atoms with Gasteiger partial charge >= 0.3 is 0 Å². The number of hydrogen-bond acceptors (Lipinski definition) is 4. The number of carbonyl (C=O) groups excluding carboxylic acids is 1. The fourth-order valence-electron chi connectivity index (χ4n) is 2.79. The van der Waals surface area contributed by atoms with Gasteiger partial charge in [-0.05, 0) is 54.7 Å². The minimum Gasteiger partial charge on any atom is -0.493 e. The van der Waals surface area contributed by atoms with Gasteiger partial charge < -0.3 is 20.5 Å². The van der Waals surface area contributed by atoms with Gasteiger partial charge in [-0.3, -0.25) is 4.79 Å². The molecule has 3 N–H and O–H groups in total. The summed E-state index contributed by atoms with van der Waals surface area (Å²) in [6.45, 7) is 0.839. The number of carbonyl (C=O) groups is 1. The highest BCUT2D eigenvalue weighted by atomic mass is 35.5. The van der Waals surface area contributed by atoms with E-state index in [-0.39, 0.29) is 11.9 Å². The van der Waals surface area contributed by atoms with Crippen molar-refractivity contribution in [1.29, 1.82) is 0 Å². The van der Waals surface area contributed by atoms with E-state index in [1.807, 2.05) is 24.3 Å². The van der Waals surface area contributed by atoms with Crippen LogP contribution in [0.2, 0.25) is 5.02 Å². The minimum atomic E-state index is -0.144. The summed E-state index contributed by atoms with van der Waals surface area (Å²) in [5, 5.41) is 3.69. The van der Waals surface area contributed by atoms with Crippen molar-refractivity contribution < 1.29 is 14.3 Å².